The van der Waals surface area contributed by atoms with Crippen molar-refractivity contribution in [1.29, 1.82) is 0 Å². The second-order valence-electron chi connectivity index (χ2n) is 7.19. The maximum absolute atomic E-state index is 12.5. The number of amides is 1. The van der Waals surface area contributed by atoms with Gasteiger partial charge in [-0.25, -0.2) is 13.1 Å². The van der Waals surface area contributed by atoms with Crippen LogP contribution >= 0.6 is 0 Å². The molecule has 7 heteroatoms. The Hall–Kier alpha value is -2.25. The van der Waals surface area contributed by atoms with Gasteiger partial charge in [0.25, 0.3) is 0 Å². The summed E-state index contributed by atoms with van der Waals surface area (Å²) >= 11 is 0. The van der Waals surface area contributed by atoms with Crippen LogP contribution in [-0.2, 0) is 14.8 Å². The molecular formula is C21H27N3O3S. The van der Waals surface area contributed by atoms with Gasteiger partial charge in [0.2, 0.25) is 15.9 Å². The van der Waals surface area contributed by atoms with E-state index >= 15 is 0 Å². The zero-order chi connectivity index (χ0) is 19.8. The molecule has 2 N–H and O–H groups in total. The van der Waals surface area contributed by atoms with Gasteiger partial charge < -0.3 is 5.32 Å². The van der Waals surface area contributed by atoms with Gasteiger partial charge in [0.15, 0.2) is 0 Å². The van der Waals surface area contributed by atoms with E-state index in [-0.39, 0.29) is 29.8 Å². The highest BCUT2D eigenvalue weighted by Gasteiger charge is 2.26. The average Bonchev–Trinajstić information content (AvgIpc) is 2.74. The van der Waals surface area contributed by atoms with Gasteiger partial charge in [-0.15, -0.1) is 0 Å². The summed E-state index contributed by atoms with van der Waals surface area (Å²) in [6, 6.07) is 13.0. The van der Waals surface area contributed by atoms with Gasteiger partial charge in [0.1, 0.15) is 4.90 Å². The molecule has 1 aliphatic rings. The van der Waals surface area contributed by atoms with E-state index < -0.39 is 10.0 Å². The van der Waals surface area contributed by atoms with Gasteiger partial charge in [-0.2, -0.15) is 0 Å². The van der Waals surface area contributed by atoms with Crippen molar-refractivity contribution in [3.63, 3.8) is 0 Å². The Labute approximate surface area is 166 Å². The lowest BCUT2D eigenvalue weighted by Crippen LogP contribution is -2.36. The quantitative estimate of drug-likeness (QED) is 0.711. The Balaban J connectivity index is 1.58. The minimum absolute atomic E-state index is 0.0241. The summed E-state index contributed by atoms with van der Waals surface area (Å²) in [5.41, 5.74) is 1.11. The molecule has 1 aromatic heterocycles. The van der Waals surface area contributed by atoms with Crippen molar-refractivity contribution in [3.05, 3.63) is 60.4 Å². The van der Waals surface area contributed by atoms with Crippen LogP contribution in [0.3, 0.4) is 0 Å². The summed E-state index contributed by atoms with van der Waals surface area (Å²) in [6.45, 7) is 0.0508. The molecule has 0 radical (unpaired) electrons. The SMILES string of the molecule is O=C(CCNS(=O)(=O)c1cccnc1)NC(c1ccccc1)C1CCCCC1. The van der Waals surface area contributed by atoms with E-state index in [1.807, 2.05) is 30.3 Å². The number of carbonyl (C=O) groups is 1. The second-order valence-corrected chi connectivity index (χ2v) is 8.96. The van der Waals surface area contributed by atoms with E-state index in [0.29, 0.717) is 5.92 Å². The highest BCUT2D eigenvalue weighted by molar-refractivity contribution is 7.89. The van der Waals surface area contributed by atoms with Gasteiger partial charge in [0, 0.05) is 25.4 Å². The molecule has 1 atom stereocenters. The smallest absolute Gasteiger partial charge is 0.242 e. The number of nitrogens with zero attached hydrogens (tertiary/aromatic N) is 1. The molecular weight excluding hydrogens is 374 g/mol. The molecule has 1 aromatic carbocycles. The Kier molecular flexibility index (Phi) is 7.17. The van der Waals surface area contributed by atoms with Gasteiger partial charge in [-0.3, -0.25) is 9.78 Å². The Morgan fingerprint density at radius 2 is 1.82 bits per heavy atom. The van der Waals surface area contributed by atoms with Crippen LogP contribution in [0.4, 0.5) is 0 Å². The van der Waals surface area contributed by atoms with Crippen molar-refractivity contribution in [2.75, 3.05) is 6.54 Å². The number of carbonyl (C=O) groups excluding carboxylic acids is 1. The lowest BCUT2D eigenvalue weighted by molar-refractivity contribution is -0.122. The number of sulfonamides is 1. The van der Waals surface area contributed by atoms with Crippen molar-refractivity contribution in [3.8, 4) is 0 Å². The molecule has 0 spiro atoms. The van der Waals surface area contributed by atoms with Crippen molar-refractivity contribution in [2.45, 2.75) is 49.5 Å². The fourth-order valence-electron chi connectivity index (χ4n) is 3.74. The zero-order valence-electron chi connectivity index (χ0n) is 15.9. The Morgan fingerprint density at radius 3 is 2.50 bits per heavy atom. The molecule has 6 nitrogen and oxygen atoms in total. The summed E-state index contributed by atoms with van der Waals surface area (Å²) in [7, 11) is -3.65. The molecule has 0 aliphatic heterocycles. The van der Waals surface area contributed by atoms with Crippen molar-refractivity contribution in [2.24, 2.45) is 5.92 Å². The third kappa shape index (κ3) is 5.62. The average molecular weight is 402 g/mol. The second kappa shape index (κ2) is 9.80. The normalized spacial score (nSPS) is 16.4. The zero-order valence-corrected chi connectivity index (χ0v) is 16.7. The maximum Gasteiger partial charge on any atom is 0.242 e. The van der Waals surface area contributed by atoms with Crippen LogP contribution in [0.2, 0.25) is 0 Å². The monoisotopic (exact) mass is 401 g/mol. The van der Waals surface area contributed by atoms with Crippen molar-refractivity contribution < 1.29 is 13.2 Å². The predicted molar refractivity (Wildman–Crippen MR) is 108 cm³/mol. The minimum Gasteiger partial charge on any atom is -0.349 e. The lowest BCUT2D eigenvalue weighted by Gasteiger charge is -2.31. The van der Waals surface area contributed by atoms with E-state index in [1.54, 1.807) is 6.07 Å². The van der Waals surface area contributed by atoms with Crippen LogP contribution in [0.5, 0.6) is 0 Å². The van der Waals surface area contributed by atoms with Gasteiger partial charge in [-0.1, -0.05) is 49.6 Å². The number of nitrogens with one attached hydrogen (secondary N) is 2. The molecule has 1 aliphatic carbocycles. The van der Waals surface area contributed by atoms with Crippen LogP contribution in [0.1, 0.15) is 50.1 Å². The molecule has 3 rings (SSSR count). The van der Waals surface area contributed by atoms with Crippen molar-refractivity contribution >= 4 is 15.9 Å². The molecule has 1 unspecified atom stereocenters. The first kappa shape index (κ1) is 20.5. The van der Waals surface area contributed by atoms with Crippen LogP contribution in [0.15, 0.2) is 59.8 Å². The number of rotatable bonds is 8. The van der Waals surface area contributed by atoms with E-state index in [1.165, 1.54) is 37.7 Å². The Bertz CT molecular complexity index is 851. The van der Waals surface area contributed by atoms with Crippen molar-refractivity contribution in [1.82, 2.24) is 15.0 Å². The fourth-order valence-corrected chi connectivity index (χ4v) is 4.73. The highest BCUT2D eigenvalue weighted by atomic mass is 32.2. The number of hydrogen-bond acceptors (Lipinski definition) is 4. The third-order valence-corrected chi connectivity index (χ3v) is 6.63. The van der Waals surface area contributed by atoms with Gasteiger partial charge >= 0.3 is 0 Å². The molecule has 150 valence electrons. The standard InChI is InChI=1S/C21H27N3O3S/c25-20(13-15-23-28(26,27)19-12-7-14-22-16-19)24-21(17-8-3-1-4-9-17)18-10-5-2-6-11-18/h1,3-4,7-9,12,14,16,18,21,23H,2,5-6,10-11,13,15H2,(H,24,25). The van der Waals surface area contributed by atoms with E-state index in [0.717, 1.165) is 18.4 Å². The van der Waals surface area contributed by atoms with E-state index in [9.17, 15) is 13.2 Å². The van der Waals surface area contributed by atoms with E-state index in [2.05, 4.69) is 15.0 Å². The number of pyridine rings is 1. The Morgan fingerprint density at radius 1 is 1.07 bits per heavy atom. The summed E-state index contributed by atoms with van der Waals surface area (Å²) < 4.78 is 26.9. The van der Waals surface area contributed by atoms with Crippen LogP contribution < -0.4 is 10.0 Å². The summed E-state index contributed by atoms with van der Waals surface area (Å²) in [5.74, 6) is 0.278. The summed E-state index contributed by atoms with van der Waals surface area (Å²) in [4.78, 5) is 16.5. The molecule has 1 saturated carbocycles. The molecule has 28 heavy (non-hydrogen) atoms. The maximum atomic E-state index is 12.5. The fraction of sp³-hybridized carbons (Fsp3) is 0.429. The molecule has 2 aromatic rings. The molecule has 1 fully saturated rings. The summed E-state index contributed by atoms with van der Waals surface area (Å²) in [5, 5.41) is 3.14. The summed E-state index contributed by atoms with van der Waals surface area (Å²) in [6.07, 6.45) is 8.74. The third-order valence-electron chi connectivity index (χ3n) is 5.19. The first-order valence-electron chi connectivity index (χ1n) is 9.80. The highest BCUT2D eigenvalue weighted by Crippen LogP contribution is 2.34. The van der Waals surface area contributed by atoms with Gasteiger partial charge in [-0.05, 0) is 36.5 Å². The minimum atomic E-state index is -3.65. The first-order chi connectivity index (χ1) is 13.6. The number of hydrogen-bond donors (Lipinski definition) is 2. The largest absolute Gasteiger partial charge is 0.349 e. The van der Waals surface area contributed by atoms with Crippen LogP contribution in [0, 0.1) is 5.92 Å². The van der Waals surface area contributed by atoms with Crippen LogP contribution in [0.25, 0.3) is 0 Å². The topological polar surface area (TPSA) is 88.2 Å². The predicted octanol–water partition coefficient (Wildman–Crippen LogP) is 3.19. The van der Waals surface area contributed by atoms with Crippen LogP contribution in [-0.4, -0.2) is 25.9 Å². The molecule has 1 heterocycles. The van der Waals surface area contributed by atoms with Gasteiger partial charge in [0.05, 0.1) is 6.04 Å². The molecule has 0 bridgehead atoms. The number of benzene rings is 1. The molecule has 1 amide bonds. The lowest BCUT2D eigenvalue weighted by atomic mass is 9.81. The molecule has 0 saturated heterocycles. The number of aromatic nitrogens is 1. The first-order valence-corrected chi connectivity index (χ1v) is 11.3. The van der Waals surface area contributed by atoms with E-state index in [4.69, 9.17) is 0 Å².